The molecular formula is C15H12F3NO2. The molecule has 0 aliphatic heterocycles. The van der Waals surface area contributed by atoms with Crippen LogP contribution in [-0.4, -0.2) is 17.1 Å². The van der Waals surface area contributed by atoms with Crippen LogP contribution in [0.5, 0.6) is 5.75 Å². The van der Waals surface area contributed by atoms with E-state index in [0.717, 1.165) is 5.56 Å². The van der Waals surface area contributed by atoms with E-state index in [9.17, 15) is 18.0 Å². The molecule has 1 aromatic heterocycles. The molecule has 0 saturated carbocycles. The summed E-state index contributed by atoms with van der Waals surface area (Å²) in [4.78, 5) is 16.0. The van der Waals surface area contributed by atoms with E-state index in [1.165, 1.54) is 24.3 Å². The third-order valence-corrected chi connectivity index (χ3v) is 2.72. The average Bonchev–Trinajstić information content (AvgIpc) is 2.39. The van der Waals surface area contributed by atoms with Gasteiger partial charge in [-0.2, -0.15) is 0 Å². The summed E-state index contributed by atoms with van der Waals surface area (Å²) >= 11 is 0. The van der Waals surface area contributed by atoms with Gasteiger partial charge in [0.2, 0.25) is 0 Å². The lowest BCUT2D eigenvalue weighted by atomic mass is 10.1. The van der Waals surface area contributed by atoms with E-state index in [0.29, 0.717) is 11.3 Å². The van der Waals surface area contributed by atoms with E-state index in [-0.39, 0.29) is 18.0 Å². The lowest BCUT2D eigenvalue weighted by Gasteiger charge is -2.09. The molecule has 110 valence electrons. The molecular weight excluding hydrogens is 283 g/mol. The minimum Gasteiger partial charge on any atom is -0.406 e. The highest BCUT2D eigenvalue weighted by atomic mass is 19.4. The van der Waals surface area contributed by atoms with Gasteiger partial charge in [0, 0.05) is 12.6 Å². The van der Waals surface area contributed by atoms with Gasteiger partial charge in [0.25, 0.3) is 0 Å². The van der Waals surface area contributed by atoms with E-state index >= 15 is 0 Å². The molecule has 1 heterocycles. The van der Waals surface area contributed by atoms with Crippen molar-refractivity contribution in [2.24, 2.45) is 0 Å². The number of ketones is 1. The molecule has 0 bridgehead atoms. The third kappa shape index (κ3) is 4.59. The number of carbonyl (C=O) groups is 1. The SMILES string of the molecule is Cc1ccnc(C(=O)Cc2ccc(OC(F)(F)F)cc2)c1. The Hall–Kier alpha value is -2.37. The summed E-state index contributed by atoms with van der Waals surface area (Å²) < 4.78 is 39.8. The lowest BCUT2D eigenvalue weighted by molar-refractivity contribution is -0.274. The first-order valence-corrected chi connectivity index (χ1v) is 6.14. The maximum Gasteiger partial charge on any atom is 0.573 e. The van der Waals surface area contributed by atoms with Crippen LogP contribution in [0.25, 0.3) is 0 Å². The van der Waals surface area contributed by atoms with Crippen LogP contribution in [0, 0.1) is 6.92 Å². The second-order valence-electron chi connectivity index (χ2n) is 4.51. The number of rotatable bonds is 4. The Kier molecular flexibility index (Phi) is 4.26. The summed E-state index contributed by atoms with van der Waals surface area (Å²) in [7, 11) is 0. The molecule has 2 aromatic rings. The Balaban J connectivity index is 2.05. The Morgan fingerprint density at radius 2 is 1.86 bits per heavy atom. The van der Waals surface area contributed by atoms with E-state index in [1.54, 1.807) is 18.3 Å². The monoisotopic (exact) mass is 295 g/mol. The number of halogens is 3. The van der Waals surface area contributed by atoms with E-state index in [4.69, 9.17) is 0 Å². The van der Waals surface area contributed by atoms with Crippen LogP contribution in [0.2, 0.25) is 0 Å². The van der Waals surface area contributed by atoms with Crippen molar-refractivity contribution in [2.45, 2.75) is 19.7 Å². The fourth-order valence-corrected chi connectivity index (χ4v) is 1.77. The number of hydrogen-bond donors (Lipinski definition) is 0. The molecule has 0 atom stereocenters. The molecule has 3 nitrogen and oxygen atoms in total. The minimum atomic E-state index is -4.72. The summed E-state index contributed by atoms with van der Waals surface area (Å²) in [5.74, 6) is -0.504. The van der Waals surface area contributed by atoms with Crippen LogP contribution >= 0.6 is 0 Å². The predicted octanol–water partition coefficient (Wildman–Crippen LogP) is 3.71. The first-order chi connectivity index (χ1) is 9.83. The van der Waals surface area contributed by atoms with Crippen molar-refractivity contribution < 1.29 is 22.7 Å². The van der Waals surface area contributed by atoms with Gasteiger partial charge in [0.05, 0.1) is 0 Å². The number of carbonyl (C=O) groups excluding carboxylic acids is 1. The maximum atomic E-state index is 12.0. The van der Waals surface area contributed by atoms with Gasteiger partial charge in [-0.3, -0.25) is 9.78 Å². The van der Waals surface area contributed by atoms with Gasteiger partial charge in [-0.15, -0.1) is 13.2 Å². The molecule has 0 aliphatic carbocycles. The molecule has 0 unspecified atom stereocenters. The molecule has 0 N–H and O–H groups in total. The molecule has 0 amide bonds. The molecule has 0 aliphatic rings. The van der Waals surface area contributed by atoms with Gasteiger partial charge in [0.1, 0.15) is 11.4 Å². The summed E-state index contributed by atoms with van der Waals surface area (Å²) in [5, 5.41) is 0. The van der Waals surface area contributed by atoms with E-state index in [1.807, 2.05) is 6.92 Å². The number of pyridine rings is 1. The summed E-state index contributed by atoms with van der Waals surface area (Å²) in [6.45, 7) is 1.85. The summed E-state index contributed by atoms with van der Waals surface area (Å²) in [5.41, 5.74) is 1.85. The topological polar surface area (TPSA) is 39.2 Å². The van der Waals surface area contributed by atoms with Crippen LogP contribution in [-0.2, 0) is 6.42 Å². The van der Waals surface area contributed by atoms with Crippen molar-refractivity contribution in [3.05, 3.63) is 59.4 Å². The molecule has 0 radical (unpaired) electrons. The quantitative estimate of drug-likeness (QED) is 0.807. The van der Waals surface area contributed by atoms with Gasteiger partial charge in [0.15, 0.2) is 5.78 Å². The van der Waals surface area contributed by atoms with Crippen molar-refractivity contribution in [3.63, 3.8) is 0 Å². The summed E-state index contributed by atoms with van der Waals surface area (Å²) in [6.07, 6.45) is -3.10. The van der Waals surface area contributed by atoms with Gasteiger partial charge < -0.3 is 4.74 Å². The van der Waals surface area contributed by atoms with Crippen molar-refractivity contribution in [1.29, 1.82) is 0 Å². The van der Waals surface area contributed by atoms with Gasteiger partial charge in [-0.1, -0.05) is 12.1 Å². The van der Waals surface area contributed by atoms with Crippen LogP contribution in [0.4, 0.5) is 13.2 Å². The zero-order chi connectivity index (χ0) is 15.5. The van der Waals surface area contributed by atoms with Crippen molar-refractivity contribution in [3.8, 4) is 5.75 Å². The van der Waals surface area contributed by atoms with Crippen molar-refractivity contribution >= 4 is 5.78 Å². The molecule has 0 fully saturated rings. The van der Waals surface area contributed by atoms with Crippen LogP contribution < -0.4 is 4.74 Å². The first-order valence-electron chi connectivity index (χ1n) is 6.14. The third-order valence-electron chi connectivity index (χ3n) is 2.72. The molecule has 21 heavy (non-hydrogen) atoms. The standard InChI is InChI=1S/C15H12F3NO2/c1-10-6-7-19-13(8-10)14(20)9-11-2-4-12(5-3-11)21-15(16,17)18/h2-8H,9H2,1H3. The van der Waals surface area contributed by atoms with Crippen molar-refractivity contribution in [2.75, 3.05) is 0 Å². The Morgan fingerprint density at radius 3 is 2.43 bits per heavy atom. The lowest BCUT2D eigenvalue weighted by Crippen LogP contribution is -2.17. The van der Waals surface area contributed by atoms with Crippen LogP contribution in [0.3, 0.4) is 0 Å². The number of Topliss-reactive ketones (excluding diaryl/α,β-unsaturated/α-hetero) is 1. The normalized spacial score (nSPS) is 11.2. The highest BCUT2D eigenvalue weighted by molar-refractivity contribution is 5.95. The molecule has 2 rings (SSSR count). The molecule has 0 spiro atoms. The van der Waals surface area contributed by atoms with E-state index in [2.05, 4.69) is 9.72 Å². The number of hydrogen-bond acceptors (Lipinski definition) is 3. The first kappa shape index (κ1) is 15.0. The zero-order valence-electron chi connectivity index (χ0n) is 11.1. The van der Waals surface area contributed by atoms with Gasteiger partial charge in [-0.25, -0.2) is 0 Å². The highest BCUT2D eigenvalue weighted by Gasteiger charge is 2.30. The number of nitrogens with zero attached hydrogens (tertiary/aromatic N) is 1. The molecule has 1 aromatic carbocycles. The number of ether oxygens (including phenoxy) is 1. The van der Waals surface area contributed by atoms with Gasteiger partial charge >= 0.3 is 6.36 Å². The molecule has 0 saturated heterocycles. The Morgan fingerprint density at radius 1 is 1.19 bits per heavy atom. The van der Waals surface area contributed by atoms with Gasteiger partial charge in [-0.05, 0) is 42.3 Å². The van der Waals surface area contributed by atoms with Crippen LogP contribution in [0.15, 0.2) is 42.6 Å². The second-order valence-corrected chi connectivity index (χ2v) is 4.51. The fraction of sp³-hybridized carbons (Fsp3) is 0.200. The van der Waals surface area contributed by atoms with E-state index < -0.39 is 6.36 Å². The summed E-state index contributed by atoms with van der Waals surface area (Å²) in [6, 6.07) is 8.66. The number of aryl methyl sites for hydroxylation is 1. The van der Waals surface area contributed by atoms with Crippen molar-refractivity contribution in [1.82, 2.24) is 4.98 Å². The number of alkyl halides is 3. The fourth-order valence-electron chi connectivity index (χ4n) is 1.77. The largest absolute Gasteiger partial charge is 0.573 e. The molecule has 6 heteroatoms. The number of aromatic nitrogens is 1. The Labute approximate surface area is 119 Å². The maximum absolute atomic E-state index is 12.0. The highest BCUT2D eigenvalue weighted by Crippen LogP contribution is 2.23. The number of benzene rings is 1. The predicted molar refractivity (Wildman–Crippen MR) is 70.1 cm³/mol. The zero-order valence-corrected chi connectivity index (χ0v) is 11.1. The van der Waals surface area contributed by atoms with Crippen LogP contribution in [0.1, 0.15) is 21.6 Å². The Bertz CT molecular complexity index is 636. The second kappa shape index (κ2) is 5.95. The minimum absolute atomic E-state index is 0.0722. The average molecular weight is 295 g/mol. The smallest absolute Gasteiger partial charge is 0.406 e.